The maximum atomic E-state index is 11.6. The van der Waals surface area contributed by atoms with Crippen LogP contribution in [-0.4, -0.2) is 46.6 Å². The van der Waals surface area contributed by atoms with Crippen molar-refractivity contribution in [3.05, 3.63) is 0 Å². The first kappa shape index (κ1) is 15.1. The molecule has 1 rings (SSSR count). The zero-order valence-corrected chi connectivity index (χ0v) is 11.8. The van der Waals surface area contributed by atoms with Gasteiger partial charge in [0.15, 0.2) is 0 Å². The van der Waals surface area contributed by atoms with E-state index in [1.807, 2.05) is 0 Å². The van der Waals surface area contributed by atoms with E-state index in [1.54, 1.807) is 20.8 Å². The van der Waals surface area contributed by atoms with Crippen molar-refractivity contribution in [2.24, 2.45) is 0 Å². The van der Waals surface area contributed by atoms with Gasteiger partial charge in [-0.2, -0.15) is 0 Å². The van der Waals surface area contributed by atoms with E-state index in [1.165, 1.54) is 18.9 Å². The number of alkyl carbamates (subject to hydrolysis) is 1. The highest BCUT2D eigenvalue weighted by Gasteiger charge is 2.51. The lowest BCUT2D eigenvalue weighted by Crippen LogP contribution is -2.48. The van der Waals surface area contributed by atoms with Gasteiger partial charge in [0.05, 0.1) is 19.6 Å². The molecule has 1 amide bonds. The molecule has 0 aromatic heterocycles. The normalized spacial score (nSPS) is 24.1. The minimum Gasteiger partial charge on any atom is -0.469 e. The quantitative estimate of drug-likeness (QED) is 0.586. The Labute approximate surface area is 110 Å². The molecule has 18 heavy (non-hydrogen) atoms. The Morgan fingerprint density at radius 2 is 2.06 bits per heavy atom. The summed E-state index contributed by atoms with van der Waals surface area (Å²) in [5.41, 5.74) is -0.626. The number of hydrogen-bond acceptors (Lipinski definition) is 6. The van der Waals surface area contributed by atoms with Gasteiger partial charge in [0, 0.05) is 5.75 Å². The van der Waals surface area contributed by atoms with E-state index in [4.69, 9.17) is 4.74 Å². The number of ether oxygens (including phenoxy) is 2. The van der Waals surface area contributed by atoms with Crippen molar-refractivity contribution in [1.82, 2.24) is 5.32 Å². The second-order valence-corrected chi connectivity index (χ2v) is 6.40. The summed E-state index contributed by atoms with van der Waals surface area (Å²) in [6.45, 7) is 5.22. The number of carbonyl (C=O) groups is 2. The van der Waals surface area contributed by atoms with Crippen LogP contribution < -0.4 is 5.32 Å². The lowest BCUT2D eigenvalue weighted by atomic mass is 10.1. The Morgan fingerprint density at radius 1 is 1.50 bits per heavy atom. The van der Waals surface area contributed by atoms with Crippen LogP contribution in [0.3, 0.4) is 0 Å². The van der Waals surface area contributed by atoms with Gasteiger partial charge in [-0.1, -0.05) is 0 Å². The van der Waals surface area contributed by atoms with Gasteiger partial charge in [-0.05, 0) is 20.8 Å². The van der Waals surface area contributed by atoms with Gasteiger partial charge in [0.2, 0.25) is 0 Å². The summed E-state index contributed by atoms with van der Waals surface area (Å²) in [5.74, 6) is -0.0123. The summed E-state index contributed by atoms with van der Waals surface area (Å²) in [5, 5.41) is 12.5. The number of hydrogen-bond donors (Lipinski definition) is 2. The maximum Gasteiger partial charge on any atom is 0.408 e. The number of rotatable bonds is 4. The Kier molecular flexibility index (Phi) is 4.50. The molecule has 0 aromatic carbocycles. The van der Waals surface area contributed by atoms with E-state index in [0.29, 0.717) is 5.75 Å². The summed E-state index contributed by atoms with van der Waals surface area (Å²) in [6, 6.07) is -0.704. The van der Waals surface area contributed by atoms with Crippen molar-refractivity contribution in [3.8, 4) is 0 Å². The van der Waals surface area contributed by atoms with E-state index < -0.39 is 28.6 Å². The molecule has 104 valence electrons. The second kappa shape index (κ2) is 5.36. The Morgan fingerprint density at radius 3 is 2.44 bits per heavy atom. The van der Waals surface area contributed by atoms with Gasteiger partial charge >= 0.3 is 12.1 Å². The van der Waals surface area contributed by atoms with E-state index in [9.17, 15) is 14.7 Å². The van der Waals surface area contributed by atoms with Gasteiger partial charge in [0.25, 0.3) is 0 Å². The van der Waals surface area contributed by atoms with Crippen LogP contribution in [0.5, 0.6) is 0 Å². The smallest absolute Gasteiger partial charge is 0.408 e. The predicted octanol–water partition coefficient (Wildman–Crippen LogP) is 0.878. The van der Waals surface area contributed by atoms with Crippen LogP contribution in [0.15, 0.2) is 0 Å². The zero-order valence-electron chi connectivity index (χ0n) is 11.0. The van der Waals surface area contributed by atoms with Crippen LogP contribution in [-0.2, 0) is 14.3 Å². The molecule has 0 saturated carbocycles. The molecule has 1 fully saturated rings. The molecule has 2 atom stereocenters. The Bertz CT molecular complexity index is 335. The molecule has 0 radical (unpaired) electrons. The number of thioether (sulfide) groups is 1. The van der Waals surface area contributed by atoms with Crippen molar-refractivity contribution in [1.29, 1.82) is 0 Å². The molecular weight excluding hydrogens is 258 g/mol. The third-order valence-corrected chi connectivity index (χ3v) is 3.44. The third-order valence-electron chi connectivity index (χ3n) is 2.27. The molecular formula is C11H19NO5S. The van der Waals surface area contributed by atoms with Crippen LogP contribution in [0.1, 0.15) is 27.2 Å². The van der Waals surface area contributed by atoms with Gasteiger partial charge in [-0.3, -0.25) is 4.79 Å². The fourth-order valence-corrected chi connectivity index (χ4v) is 1.99. The molecule has 0 aliphatic carbocycles. The number of carbonyl (C=O) groups excluding carboxylic acids is 2. The zero-order chi connectivity index (χ0) is 14.0. The summed E-state index contributed by atoms with van der Waals surface area (Å²) in [6.07, 6.45) is -0.739. The van der Waals surface area contributed by atoms with E-state index in [2.05, 4.69) is 10.1 Å². The Balaban J connectivity index is 2.57. The summed E-state index contributed by atoms with van der Waals surface area (Å²) in [7, 11) is 1.26. The highest BCUT2D eigenvalue weighted by atomic mass is 32.2. The van der Waals surface area contributed by atoms with Crippen LogP contribution in [0.25, 0.3) is 0 Å². The number of nitrogens with one attached hydrogen (secondary N) is 1. The first-order valence-corrected chi connectivity index (χ1v) is 6.57. The van der Waals surface area contributed by atoms with Crippen LogP contribution in [0.2, 0.25) is 0 Å². The first-order chi connectivity index (χ1) is 8.16. The largest absolute Gasteiger partial charge is 0.469 e. The minimum atomic E-state index is -1.09. The van der Waals surface area contributed by atoms with Gasteiger partial charge in [-0.15, -0.1) is 11.8 Å². The maximum absolute atomic E-state index is 11.6. The monoisotopic (exact) mass is 277 g/mol. The second-order valence-electron chi connectivity index (χ2n) is 5.11. The number of esters is 1. The molecule has 7 heteroatoms. The third kappa shape index (κ3) is 4.73. The van der Waals surface area contributed by atoms with Gasteiger partial charge in [0.1, 0.15) is 10.5 Å². The Hall–Kier alpha value is -0.950. The molecule has 0 spiro atoms. The molecule has 2 N–H and O–H groups in total. The molecule has 1 saturated heterocycles. The van der Waals surface area contributed by atoms with Crippen LogP contribution in [0, 0.1) is 0 Å². The van der Waals surface area contributed by atoms with Crippen molar-refractivity contribution < 1.29 is 24.2 Å². The van der Waals surface area contributed by atoms with E-state index >= 15 is 0 Å². The molecule has 0 unspecified atom stereocenters. The lowest BCUT2D eigenvalue weighted by Gasteiger charge is -2.25. The molecule has 0 aromatic rings. The minimum absolute atomic E-state index is 0.0841. The van der Waals surface area contributed by atoms with Gasteiger partial charge < -0.3 is 19.9 Å². The average Bonchev–Trinajstić information content (AvgIpc) is 2.93. The van der Waals surface area contributed by atoms with Crippen LogP contribution in [0.4, 0.5) is 4.79 Å². The van der Waals surface area contributed by atoms with Crippen molar-refractivity contribution in [2.45, 2.75) is 43.8 Å². The molecule has 0 bridgehead atoms. The van der Waals surface area contributed by atoms with Gasteiger partial charge in [-0.25, -0.2) is 4.79 Å². The molecule has 1 aliphatic heterocycles. The fraction of sp³-hybridized carbons (Fsp3) is 0.818. The standard InChI is InChI=1S/C11H19NO5S/c1-10(2,3)17-9(14)12-7(5-8(13)16-4)11(15)6-18-11/h7,15H,5-6H2,1-4H3,(H,12,14)/t7-,11-/m0/s1. The summed E-state index contributed by atoms with van der Waals surface area (Å²) < 4.78 is 9.62. The van der Waals surface area contributed by atoms with Crippen molar-refractivity contribution >= 4 is 23.8 Å². The highest BCUT2D eigenvalue weighted by molar-refractivity contribution is 8.07. The predicted molar refractivity (Wildman–Crippen MR) is 67.2 cm³/mol. The van der Waals surface area contributed by atoms with Crippen molar-refractivity contribution in [3.63, 3.8) is 0 Å². The number of methoxy groups -OCH3 is 1. The molecule has 1 heterocycles. The topological polar surface area (TPSA) is 84.9 Å². The fourth-order valence-electron chi connectivity index (χ4n) is 1.30. The van der Waals surface area contributed by atoms with E-state index in [-0.39, 0.29) is 6.42 Å². The average molecular weight is 277 g/mol. The summed E-state index contributed by atoms with van der Waals surface area (Å²) in [4.78, 5) is 21.7. The molecule has 1 aliphatic rings. The first-order valence-electron chi connectivity index (χ1n) is 5.59. The molecule has 6 nitrogen and oxygen atoms in total. The van der Waals surface area contributed by atoms with Crippen molar-refractivity contribution in [2.75, 3.05) is 12.9 Å². The van der Waals surface area contributed by atoms with E-state index in [0.717, 1.165) is 0 Å². The SMILES string of the molecule is COC(=O)C[C@H](NC(=O)OC(C)(C)C)[C@]1(O)CS1. The highest BCUT2D eigenvalue weighted by Crippen LogP contribution is 2.45. The summed E-state index contributed by atoms with van der Waals surface area (Å²) >= 11 is 1.27. The number of aliphatic hydroxyl groups is 1. The van der Waals surface area contributed by atoms with Crippen LogP contribution >= 0.6 is 11.8 Å². The number of amides is 1. The lowest BCUT2D eigenvalue weighted by molar-refractivity contribution is -0.141.